The van der Waals surface area contributed by atoms with E-state index in [0.29, 0.717) is 18.0 Å². The molecule has 5 aromatic carbocycles. The number of nitrogens with one attached hydrogen (secondary N) is 2. The molecule has 2 saturated heterocycles. The summed E-state index contributed by atoms with van der Waals surface area (Å²) in [5.74, 6) is 1.45. The zero-order valence-corrected chi connectivity index (χ0v) is 28.7. The molecule has 0 radical (unpaired) electrons. The average molecular weight is 684 g/mol. The van der Waals surface area contributed by atoms with Gasteiger partial charge in [-0.25, -0.2) is 4.79 Å². The lowest BCUT2D eigenvalue weighted by atomic mass is 9.98. The second kappa shape index (κ2) is 16.8. The molecule has 0 aliphatic carbocycles. The van der Waals surface area contributed by atoms with Crippen LogP contribution in [-0.2, 0) is 22.6 Å². The standard InChI is InChI=1S/C43H45N3O5/c47-30-31-15-17-33(18-16-31)41-27-40(29-46-23-5-2-6-24-46)50-42(51-41)36-12-8-11-35(26-36)34-10-7-9-32(25-34)28-44-43(48)45-37-19-21-39(22-20-37)49-38-13-3-1-4-14-38/h1,3-4,7-22,25-26,40-42,47H,2,5-6,23-24,27-30H2,(H2,44,45,48)/t40-,41+,42+/m1/s1. The van der Waals surface area contributed by atoms with Crippen LogP contribution in [0.5, 0.6) is 11.5 Å². The monoisotopic (exact) mass is 683 g/mol. The van der Waals surface area contributed by atoms with E-state index in [9.17, 15) is 9.90 Å². The van der Waals surface area contributed by atoms with Gasteiger partial charge in [-0.2, -0.15) is 0 Å². The van der Waals surface area contributed by atoms with Crippen LogP contribution in [-0.4, -0.2) is 41.8 Å². The van der Waals surface area contributed by atoms with E-state index in [1.807, 2.05) is 84.9 Å². The number of piperidine rings is 1. The van der Waals surface area contributed by atoms with Crippen molar-refractivity contribution in [2.45, 2.75) is 57.3 Å². The molecule has 5 aromatic rings. The number of nitrogens with zero attached hydrogens (tertiary/aromatic N) is 1. The van der Waals surface area contributed by atoms with E-state index in [2.05, 4.69) is 58.0 Å². The minimum atomic E-state index is -0.511. The predicted molar refractivity (Wildman–Crippen MR) is 199 cm³/mol. The minimum absolute atomic E-state index is 0.0207. The van der Waals surface area contributed by atoms with Crippen molar-refractivity contribution in [3.8, 4) is 22.6 Å². The molecule has 0 aromatic heterocycles. The lowest BCUT2D eigenvalue weighted by molar-refractivity contribution is -0.253. The maximum Gasteiger partial charge on any atom is 0.319 e. The number of hydrogen-bond acceptors (Lipinski definition) is 6. The van der Waals surface area contributed by atoms with Crippen LogP contribution in [0.1, 0.15) is 60.3 Å². The first-order chi connectivity index (χ1) is 25.1. The maximum atomic E-state index is 12.8. The van der Waals surface area contributed by atoms with Crippen molar-refractivity contribution < 1.29 is 24.1 Å². The SMILES string of the molecule is O=C(NCc1cccc(-c2cccc([C@H]3O[C@@H](CN4CCCCC4)C[C@@H](c4ccc(CO)cc4)O3)c2)c1)Nc1ccc(Oc2ccccc2)cc1. The number of anilines is 1. The first kappa shape index (κ1) is 34.5. The summed E-state index contributed by atoms with van der Waals surface area (Å²) in [5, 5.41) is 15.4. The fourth-order valence-corrected chi connectivity index (χ4v) is 6.78. The molecule has 7 rings (SSSR count). The fourth-order valence-electron chi connectivity index (χ4n) is 6.78. The Kier molecular flexibility index (Phi) is 11.4. The number of carbonyl (C=O) groups excluding carboxylic acids is 1. The van der Waals surface area contributed by atoms with E-state index in [0.717, 1.165) is 65.2 Å². The van der Waals surface area contributed by atoms with Gasteiger partial charge in [-0.1, -0.05) is 85.3 Å². The van der Waals surface area contributed by atoms with Gasteiger partial charge in [-0.15, -0.1) is 0 Å². The molecule has 3 atom stereocenters. The molecule has 2 fully saturated rings. The summed E-state index contributed by atoms with van der Waals surface area (Å²) in [6.45, 7) is 3.51. The fraction of sp³-hybridized carbons (Fsp3) is 0.279. The van der Waals surface area contributed by atoms with E-state index in [1.165, 1.54) is 19.3 Å². The van der Waals surface area contributed by atoms with E-state index < -0.39 is 6.29 Å². The van der Waals surface area contributed by atoms with Crippen LogP contribution < -0.4 is 15.4 Å². The maximum absolute atomic E-state index is 12.8. The number of rotatable bonds is 11. The lowest BCUT2D eigenvalue weighted by Crippen LogP contribution is -2.41. The Hall–Kier alpha value is -4.99. The van der Waals surface area contributed by atoms with Crippen LogP contribution in [0.15, 0.2) is 127 Å². The highest BCUT2D eigenvalue weighted by Crippen LogP contribution is 2.39. The third-order valence-electron chi connectivity index (χ3n) is 9.49. The number of carbonyl (C=O) groups is 1. The van der Waals surface area contributed by atoms with Gasteiger partial charge in [0.15, 0.2) is 6.29 Å². The first-order valence-corrected chi connectivity index (χ1v) is 17.9. The summed E-state index contributed by atoms with van der Waals surface area (Å²) in [6, 6.07) is 41.2. The van der Waals surface area contributed by atoms with Crippen molar-refractivity contribution in [1.82, 2.24) is 10.2 Å². The number of urea groups is 1. The smallest absolute Gasteiger partial charge is 0.319 e. The number of aliphatic hydroxyl groups is 1. The second-order valence-corrected chi connectivity index (χ2v) is 13.3. The summed E-state index contributed by atoms with van der Waals surface area (Å²) in [6.07, 6.45) is 3.96. The summed E-state index contributed by atoms with van der Waals surface area (Å²) >= 11 is 0. The van der Waals surface area contributed by atoms with E-state index >= 15 is 0 Å². The molecule has 2 heterocycles. The summed E-state index contributed by atoms with van der Waals surface area (Å²) in [4.78, 5) is 15.3. The van der Waals surface area contributed by atoms with E-state index in [-0.39, 0.29) is 24.8 Å². The van der Waals surface area contributed by atoms with Gasteiger partial charge < -0.3 is 34.9 Å². The zero-order valence-electron chi connectivity index (χ0n) is 28.7. The van der Waals surface area contributed by atoms with Crippen LogP contribution in [0.25, 0.3) is 11.1 Å². The number of likely N-dealkylation sites (tertiary alicyclic amines) is 1. The Bertz CT molecular complexity index is 1860. The Morgan fingerprint density at radius 3 is 2.22 bits per heavy atom. The third kappa shape index (κ3) is 9.42. The number of amides is 2. The highest BCUT2D eigenvalue weighted by atomic mass is 16.7. The number of benzene rings is 5. The van der Waals surface area contributed by atoms with E-state index in [4.69, 9.17) is 14.2 Å². The van der Waals surface area contributed by atoms with Gasteiger partial charge in [-0.05, 0) is 102 Å². The van der Waals surface area contributed by atoms with Crippen molar-refractivity contribution >= 4 is 11.7 Å². The predicted octanol–water partition coefficient (Wildman–Crippen LogP) is 8.99. The van der Waals surface area contributed by atoms with Gasteiger partial charge in [0.1, 0.15) is 11.5 Å². The highest BCUT2D eigenvalue weighted by Gasteiger charge is 2.33. The molecule has 2 amide bonds. The highest BCUT2D eigenvalue weighted by molar-refractivity contribution is 5.89. The topological polar surface area (TPSA) is 92.3 Å². The largest absolute Gasteiger partial charge is 0.457 e. The average Bonchev–Trinajstić information content (AvgIpc) is 3.19. The van der Waals surface area contributed by atoms with Crippen LogP contribution in [0.2, 0.25) is 0 Å². The molecule has 0 unspecified atom stereocenters. The molecule has 0 spiro atoms. The Morgan fingerprint density at radius 1 is 0.725 bits per heavy atom. The van der Waals surface area contributed by atoms with Crippen LogP contribution in [0, 0.1) is 0 Å². The molecule has 3 N–H and O–H groups in total. The van der Waals surface area contributed by atoms with Crippen molar-refractivity contribution in [1.29, 1.82) is 0 Å². The number of ether oxygens (including phenoxy) is 3. The van der Waals surface area contributed by atoms with Gasteiger partial charge in [0.2, 0.25) is 0 Å². The molecular weight excluding hydrogens is 638 g/mol. The molecular formula is C43H45N3O5. The Balaban J connectivity index is 0.996. The van der Waals surface area contributed by atoms with Crippen LogP contribution in [0.3, 0.4) is 0 Å². The van der Waals surface area contributed by atoms with Gasteiger partial charge in [-0.3, -0.25) is 0 Å². The molecule has 8 nitrogen and oxygen atoms in total. The third-order valence-corrected chi connectivity index (χ3v) is 9.49. The quantitative estimate of drug-likeness (QED) is 0.129. The van der Waals surface area contributed by atoms with Gasteiger partial charge >= 0.3 is 6.03 Å². The summed E-state index contributed by atoms with van der Waals surface area (Å²) in [7, 11) is 0. The molecule has 0 saturated carbocycles. The van der Waals surface area contributed by atoms with Crippen molar-refractivity contribution in [2.75, 3.05) is 25.0 Å². The molecule has 262 valence electrons. The number of para-hydroxylation sites is 1. The van der Waals surface area contributed by atoms with Crippen LogP contribution in [0.4, 0.5) is 10.5 Å². The lowest BCUT2D eigenvalue weighted by Gasteiger charge is -2.39. The molecule has 51 heavy (non-hydrogen) atoms. The molecule has 2 aliphatic heterocycles. The Labute approximate surface area is 300 Å². The summed E-state index contributed by atoms with van der Waals surface area (Å²) in [5.41, 5.74) is 6.70. The first-order valence-electron chi connectivity index (χ1n) is 17.9. The molecule has 0 bridgehead atoms. The minimum Gasteiger partial charge on any atom is -0.457 e. The van der Waals surface area contributed by atoms with Gasteiger partial charge in [0.05, 0.1) is 18.8 Å². The van der Waals surface area contributed by atoms with Crippen molar-refractivity contribution in [3.63, 3.8) is 0 Å². The summed E-state index contributed by atoms with van der Waals surface area (Å²) < 4.78 is 19.2. The van der Waals surface area contributed by atoms with Crippen molar-refractivity contribution in [3.05, 3.63) is 150 Å². The van der Waals surface area contributed by atoms with Crippen molar-refractivity contribution in [2.24, 2.45) is 0 Å². The van der Waals surface area contributed by atoms with Crippen LogP contribution >= 0.6 is 0 Å². The zero-order chi connectivity index (χ0) is 34.8. The molecule has 8 heteroatoms. The molecule has 2 aliphatic rings. The normalized spacial score (nSPS) is 19.3. The second-order valence-electron chi connectivity index (χ2n) is 13.3. The van der Waals surface area contributed by atoms with Gasteiger partial charge in [0.25, 0.3) is 0 Å². The van der Waals surface area contributed by atoms with Gasteiger partial charge in [0, 0.05) is 30.8 Å². The number of aliphatic hydroxyl groups excluding tert-OH is 1. The Morgan fingerprint density at radius 2 is 1.45 bits per heavy atom. The number of hydrogen-bond donors (Lipinski definition) is 3. The van der Waals surface area contributed by atoms with E-state index in [1.54, 1.807) is 0 Å².